The molecule has 0 aliphatic heterocycles. The van der Waals surface area contributed by atoms with Crippen LogP contribution in [0.3, 0.4) is 0 Å². The Balaban J connectivity index is 0.00000312. The second-order valence-corrected chi connectivity index (χ2v) is 4.95. The molecule has 2 aromatic rings. The smallest absolute Gasteiger partial charge is 0.213 e. The number of aromatic nitrogens is 2. The van der Waals surface area contributed by atoms with Crippen LogP contribution in [0, 0.1) is 0 Å². The van der Waals surface area contributed by atoms with Crippen LogP contribution < -0.4 is 15.4 Å². The maximum Gasteiger partial charge on any atom is 0.213 e. The van der Waals surface area contributed by atoms with Gasteiger partial charge in [-0.05, 0) is 17.7 Å². The fourth-order valence-electron chi connectivity index (χ4n) is 1.91. The Kier molecular flexibility index (Phi) is 10.5. The summed E-state index contributed by atoms with van der Waals surface area (Å²) in [5, 5.41) is 6.46. The van der Waals surface area contributed by atoms with Crippen LogP contribution in [-0.2, 0) is 17.8 Å². The lowest BCUT2D eigenvalue weighted by Crippen LogP contribution is -2.36. The molecule has 7 nitrogen and oxygen atoms in total. The average Bonchev–Trinajstić information content (AvgIpc) is 2.64. The number of ether oxygens (including phenoxy) is 2. The normalized spacial score (nSPS) is 10.7. The highest BCUT2D eigenvalue weighted by atomic mass is 127. The molecule has 0 saturated heterocycles. The van der Waals surface area contributed by atoms with Crippen molar-refractivity contribution in [2.24, 2.45) is 4.99 Å². The molecule has 25 heavy (non-hydrogen) atoms. The number of aliphatic imine (C=N–C) groups is 1. The summed E-state index contributed by atoms with van der Waals surface area (Å²) in [6.07, 6.45) is 3.55. The minimum absolute atomic E-state index is 0. The quantitative estimate of drug-likeness (QED) is 0.273. The number of methoxy groups -OCH3 is 1. The van der Waals surface area contributed by atoms with Crippen molar-refractivity contribution < 1.29 is 9.47 Å². The molecular weight excluding hydrogens is 433 g/mol. The fourth-order valence-corrected chi connectivity index (χ4v) is 1.91. The second-order valence-electron chi connectivity index (χ2n) is 4.95. The molecule has 0 aliphatic rings. The molecule has 8 heteroatoms. The monoisotopic (exact) mass is 457 g/mol. The molecule has 0 unspecified atom stereocenters. The van der Waals surface area contributed by atoms with Crippen LogP contribution in [-0.4, -0.2) is 43.3 Å². The van der Waals surface area contributed by atoms with Crippen LogP contribution in [0.1, 0.15) is 11.3 Å². The molecule has 0 atom stereocenters. The maximum atomic E-state index is 5.44. The van der Waals surface area contributed by atoms with Gasteiger partial charge in [0.1, 0.15) is 6.61 Å². The number of halogens is 1. The van der Waals surface area contributed by atoms with Crippen LogP contribution >= 0.6 is 24.0 Å². The molecule has 0 aliphatic carbocycles. The first-order valence-electron chi connectivity index (χ1n) is 7.73. The summed E-state index contributed by atoms with van der Waals surface area (Å²) in [4.78, 5) is 12.7. The Morgan fingerprint density at radius 1 is 1.08 bits per heavy atom. The predicted octanol–water partition coefficient (Wildman–Crippen LogP) is 1.98. The Morgan fingerprint density at radius 2 is 1.92 bits per heavy atom. The van der Waals surface area contributed by atoms with Gasteiger partial charge in [-0.3, -0.25) is 9.98 Å². The average molecular weight is 457 g/mol. The third kappa shape index (κ3) is 8.12. The number of guanidine groups is 1. The van der Waals surface area contributed by atoms with Gasteiger partial charge in [-0.1, -0.05) is 12.1 Å². The van der Waals surface area contributed by atoms with Crippen molar-refractivity contribution in [3.05, 3.63) is 54.0 Å². The van der Waals surface area contributed by atoms with Gasteiger partial charge < -0.3 is 20.1 Å². The summed E-state index contributed by atoms with van der Waals surface area (Å²) in [7, 11) is 3.37. The number of rotatable bonds is 8. The number of nitrogens with one attached hydrogen (secondary N) is 2. The van der Waals surface area contributed by atoms with Crippen LogP contribution in [0.2, 0.25) is 0 Å². The van der Waals surface area contributed by atoms with Crippen molar-refractivity contribution in [3.8, 4) is 5.88 Å². The highest BCUT2D eigenvalue weighted by Crippen LogP contribution is 2.07. The van der Waals surface area contributed by atoms with E-state index in [9.17, 15) is 0 Å². The summed E-state index contributed by atoms with van der Waals surface area (Å²) in [6, 6.07) is 9.63. The Labute approximate surface area is 165 Å². The molecule has 2 heterocycles. The first-order chi connectivity index (χ1) is 11.8. The molecule has 2 N–H and O–H groups in total. The molecular formula is C17H24IN5O2. The largest absolute Gasteiger partial charge is 0.475 e. The molecule has 136 valence electrons. The minimum atomic E-state index is 0. The fraction of sp³-hybridized carbons (Fsp3) is 0.353. The molecule has 2 aromatic heterocycles. The summed E-state index contributed by atoms with van der Waals surface area (Å²) < 4.78 is 10.4. The highest BCUT2D eigenvalue weighted by Gasteiger charge is 2.01. The van der Waals surface area contributed by atoms with Crippen LogP contribution in [0.25, 0.3) is 0 Å². The topological polar surface area (TPSA) is 80.7 Å². The van der Waals surface area contributed by atoms with Gasteiger partial charge in [0.15, 0.2) is 5.96 Å². The summed E-state index contributed by atoms with van der Waals surface area (Å²) >= 11 is 0. The predicted molar refractivity (Wildman–Crippen MR) is 108 cm³/mol. The van der Waals surface area contributed by atoms with Gasteiger partial charge in [0.2, 0.25) is 5.88 Å². The van der Waals surface area contributed by atoms with Crippen LogP contribution in [0.5, 0.6) is 5.88 Å². The molecule has 0 spiro atoms. The van der Waals surface area contributed by atoms with E-state index in [4.69, 9.17) is 9.47 Å². The van der Waals surface area contributed by atoms with E-state index in [2.05, 4.69) is 25.6 Å². The first kappa shape index (κ1) is 21.1. The van der Waals surface area contributed by atoms with Gasteiger partial charge in [-0.15, -0.1) is 24.0 Å². The van der Waals surface area contributed by atoms with Crippen molar-refractivity contribution in [2.45, 2.75) is 13.1 Å². The third-order valence-corrected chi connectivity index (χ3v) is 3.18. The molecule has 0 saturated carbocycles. The number of hydrogen-bond donors (Lipinski definition) is 2. The van der Waals surface area contributed by atoms with Gasteiger partial charge in [0, 0.05) is 39.2 Å². The number of nitrogens with zero attached hydrogens (tertiary/aromatic N) is 3. The molecule has 2 rings (SSSR count). The number of pyridine rings is 2. The summed E-state index contributed by atoms with van der Waals surface area (Å²) in [5.41, 5.74) is 1.99. The first-order valence-corrected chi connectivity index (χ1v) is 7.73. The number of hydrogen-bond acceptors (Lipinski definition) is 5. The Hall–Kier alpha value is -1.94. The summed E-state index contributed by atoms with van der Waals surface area (Å²) in [6.45, 7) is 2.27. The standard InChI is InChI=1S/C17H23N5O2.HI/c1-18-17(22-13-15-5-3-4-8-19-15)21-12-14-6-7-16(20-11-14)24-10-9-23-2;/h3-8,11H,9-10,12-13H2,1-2H3,(H2,18,21,22);1H. The lowest BCUT2D eigenvalue weighted by molar-refractivity contribution is 0.143. The zero-order chi connectivity index (χ0) is 17.0. The van der Waals surface area contributed by atoms with Gasteiger partial charge in [0.25, 0.3) is 0 Å². The van der Waals surface area contributed by atoms with E-state index in [1.54, 1.807) is 26.6 Å². The van der Waals surface area contributed by atoms with Crippen LogP contribution in [0.15, 0.2) is 47.7 Å². The third-order valence-electron chi connectivity index (χ3n) is 3.18. The van der Waals surface area contributed by atoms with Crippen LogP contribution in [0.4, 0.5) is 0 Å². The van der Waals surface area contributed by atoms with E-state index in [1.165, 1.54) is 0 Å². The van der Waals surface area contributed by atoms with Gasteiger partial charge >= 0.3 is 0 Å². The molecule has 0 bridgehead atoms. The van der Waals surface area contributed by atoms with Crippen molar-refractivity contribution in [3.63, 3.8) is 0 Å². The van der Waals surface area contributed by atoms with Crippen molar-refractivity contribution in [2.75, 3.05) is 27.4 Å². The van der Waals surface area contributed by atoms with E-state index in [1.807, 2.05) is 30.3 Å². The van der Waals surface area contributed by atoms with Crippen molar-refractivity contribution in [1.82, 2.24) is 20.6 Å². The van der Waals surface area contributed by atoms with Crippen molar-refractivity contribution >= 4 is 29.9 Å². The highest BCUT2D eigenvalue weighted by molar-refractivity contribution is 14.0. The summed E-state index contributed by atoms with van der Waals surface area (Å²) in [5.74, 6) is 1.30. The SMILES string of the molecule is CN=C(NCc1ccc(OCCOC)nc1)NCc1ccccn1.I. The van der Waals surface area contributed by atoms with E-state index in [-0.39, 0.29) is 24.0 Å². The van der Waals surface area contributed by atoms with Gasteiger partial charge in [-0.2, -0.15) is 0 Å². The second kappa shape index (κ2) is 12.4. The zero-order valence-electron chi connectivity index (χ0n) is 14.4. The zero-order valence-corrected chi connectivity index (χ0v) is 16.8. The lowest BCUT2D eigenvalue weighted by Gasteiger charge is -2.12. The van der Waals surface area contributed by atoms with E-state index in [0.717, 1.165) is 11.3 Å². The van der Waals surface area contributed by atoms with E-state index < -0.39 is 0 Å². The molecule has 0 amide bonds. The Morgan fingerprint density at radius 3 is 2.56 bits per heavy atom. The molecule has 0 aromatic carbocycles. The lowest BCUT2D eigenvalue weighted by atomic mass is 10.3. The maximum absolute atomic E-state index is 5.44. The van der Waals surface area contributed by atoms with Crippen molar-refractivity contribution in [1.29, 1.82) is 0 Å². The van der Waals surface area contributed by atoms with Gasteiger partial charge in [0.05, 0.1) is 18.8 Å². The van der Waals surface area contributed by atoms with E-state index in [0.29, 0.717) is 38.1 Å². The Bertz CT molecular complexity index is 623. The van der Waals surface area contributed by atoms with Gasteiger partial charge in [-0.25, -0.2) is 4.98 Å². The van der Waals surface area contributed by atoms with E-state index >= 15 is 0 Å². The molecule has 0 radical (unpaired) electrons. The minimum Gasteiger partial charge on any atom is -0.475 e. The molecule has 0 fully saturated rings.